The lowest BCUT2D eigenvalue weighted by molar-refractivity contribution is -0.118. The zero-order chi connectivity index (χ0) is 23.8. The first-order valence-electron chi connectivity index (χ1n) is 9.90. The van der Waals surface area contributed by atoms with Gasteiger partial charge in [0.2, 0.25) is 0 Å². The summed E-state index contributed by atoms with van der Waals surface area (Å²) in [5.74, 6) is -0.925. The van der Waals surface area contributed by atoms with Crippen LogP contribution in [-0.2, 0) is 14.8 Å². The van der Waals surface area contributed by atoms with Gasteiger partial charge in [0.25, 0.3) is 21.8 Å². The molecule has 0 saturated carbocycles. The summed E-state index contributed by atoms with van der Waals surface area (Å²) in [5.41, 5.74) is 3.71. The summed E-state index contributed by atoms with van der Waals surface area (Å²) < 4.78 is 30.3. The number of hydrogen-bond acceptors (Lipinski definition) is 5. The lowest BCUT2D eigenvalue weighted by Gasteiger charge is -2.13. The van der Waals surface area contributed by atoms with E-state index < -0.39 is 21.8 Å². The first-order valence-corrected chi connectivity index (χ1v) is 11.4. The standard InChI is InChI=1S/C24H23N3O5S/c1-17-12-14-20(15-13-17)33(30,31)27-26-24(29)21(16-19-10-6-7-11-22(19)32-2)25-23(28)18-8-4-3-5-9-18/h3-16,27H,1-2H3,(H,25,28)(H,26,29)/b21-16+. The number of nitrogens with one attached hydrogen (secondary N) is 3. The molecule has 0 aliphatic carbocycles. The molecule has 9 heteroatoms. The summed E-state index contributed by atoms with van der Waals surface area (Å²) in [6.45, 7) is 1.83. The van der Waals surface area contributed by atoms with Gasteiger partial charge in [-0.15, -0.1) is 4.83 Å². The molecule has 2 amide bonds. The molecule has 0 fully saturated rings. The van der Waals surface area contributed by atoms with Crippen molar-refractivity contribution < 1.29 is 22.7 Å². The summed E-state index contributed by atoms with van der Waals surface area (Å²) in [5, 5.41) is 2.54. The Morgan fingerprint density at radius 1 is 0.879 bits per heavy atom. The second-order valence-corrected chi connectivity index (χ2v) is 8.68. The van der Waals surface area contributed by atoms with Gasteiger partial charge in [0, 0.05) is 11.1 Å². The van der Waals surface area contributed by atoms with Crippen LogP contribution in [0.25, 0.3) is 6.08 Å². The van der Waals surface area contributed by atoms with E-state index in [1.165, 1.54) is 25.3 Å². The Morgan fingerprint density at radius 3 is 2.18 bits per heavy atom. The van der Waals surface area contributed by atoms with Gasteiger partial charge in [-0.05, 0) is 43.3 Å². The number of para-hydroxylation sites is 1. The smallest absolute Gasteiger partial charge is 0.282 e. The van der Waals surface area contributed by atoms with Gasteiger partial charge in [0.05, 0.1) is 12.0 Å². The molecule has 0 bridgehead atoms. The number of ether oxygens (including phenoxy) is 1. The van der Waals surface area contributed by atoms with Crippen LogP contribution in [0, 0.1) is 6.92 Å². The van der Waals surface area contributed by atoms with Crippen molar-refractivity contribution in [3.05, 3.63) is 101 Å². The van der Waals surface area contributed by atoms with E-state index in [0.29, 0.717) is 16.9 Å². The summed E-state index contributed by atoms with van der Waals surface area (Å²) in [4.78, 5) is 27.6. The molecular formula is C24H23N3O5S. The topological polar surface area (TPSA) is 114 Å². The third-order valence-electron chi connectivity index (χ3n) is 4.60. The maximum absolute atomic E-state index is 12.9. The molecule has 33 heavy (non-hydrogen) atoms. The fourth-order valence-corrected chi connectivity index (χ4v) is 3.68. The highest BCUT2D eigenvalue weighted by Gasteiger charge is 2.19. The van der Waals surface area contributed by atoms with Gasteiger partial charge in [-0.1, -0.05) is 54.1 Å². The Labute approximate surface area is 192 Å². The van der Waals surface area contributed by atoms with E-state index in [-0.39, 0.29) is 10.6 Å². The number of carbonyl (C=O) groups is 2. The van der Waals surface area contributed by atoms with Gasteiger partial charge >= 0.3 is 0 Å². The highest BCUT2D eigenvalue weighted by Crippen LogP contribution is 2.20. The maximum Gasteiger partial charge on any atom is 0.282 e. The minimum absolute atomic E-state index is 0.0167. The van der Waals surface area contributed by atoms with E-state index in [9.17, 15) is 18.0 Å². The van der Waals surface area contributed by atoms with Crippen LogP contribution in [0.15, 0.2) is 89.5 Å². The molecule has 0 unspecified atom stereocenters. The minimum Gasteiger partial charge on any atom is -0.496 e. The van der Waals surface area contributed by atoms with E-state index in [2.05, 4.69) is 15.6 Å². The summed E-state index contributed by atoms with van der Waals surface area (Å²) in [6, 6.07) is 21.3. The molecule has 0 atom stereocenters. The van der Waals surface area contributed by atoms with Crippen LogP contribution >= 0.6 is 0 Å². The minimum atomic E-state index is -4.02. The van der Waals surface area contributed by atoms with E-state index in [4.69, 9.17) is 4.74 Å². The van der Waals surface area contributed by atoms with Crippen molar-refractivity contribution in [1.82, 2.24) is 15.6 Å². The van der Waals surface area contributed by atoms with E-state index in [0.717, 1.165) is 5.56 Å². The Kier molecular flexibility index (Phi) is 7.60. The molecule has 0 aliphatic rings. The van der Waals surface area contributed by atoms with Crippen LogP contribution in [0.2, 0.25) is 0 Å². The Morgan fingerprint density at radius 2 is 1.52 bits per heavy atom. The van der Waals surface area contributed by atoms with Crippen LogP contribution in [0.5, 0.6) is 5.75 Å². The van der Waals surface area contributed by atoms with Crippen molar-refractivity contribution in [1.29, 1.82) is 0 Å². The van der Waals surface area contributed by atoms with Crippen molar-refractivity contribution in [3.8, 4) is 5.75 Å². The molecule has 0 saturated heterocycles. The third kappa shape index (κ3) is 6.28. The first-order chi connectivity index (χ1) is 15.8. The third-order valence-corrected chi connectivity index (χ3v) is 5.86. The van der Waals surface area contributed by atoms with Crippen molar-refractivity contribution in [2.24, 2.45) is 0 Å². The summed E-state index contributed by atoms with van der Waals surface area (Å²) in [7, 11) is -2.54. The number of amides is 2. The quantitative estimate of drug-likeness (QED) is 0.350. The highest BCUT2D eigenvalue weighted by molar-refractivity contribution is 7.89. The van der Waals surface area contributed by atoms with Crippen LogP contribution in [0.4, 0.5) is 0 Å². The number of hydrazine groups is 1. The van der Waals surface area contributed by atoms with E-state index in [1.54, 1.807) is 66.7 Å². The average molecular weight is 466 g/mol. The maximum atomic E-state index is 12.9. The van der Waals surface area contributed by atoms with Crippen molar-refractivity contribution in [2.75, 3.05) is 7.11 Å². The summed E-state index contributed by atoms with van der Waals surface area (Å²) >= 11 is 0. The molecular weight excluding hydrogens is 442 g/mol. The molecule has 3 rings (SSSR count). The van der Waals surface area contributed by atoms with Gasteiger partial charge in [0.1, 0.15) is 11.4 Å². The van der Waals surface area contributed by atoms with Gasteiger partial charge in [-0.2, -0.15) is 0 Å². The Hall–Kier alpha value is -3.95. The fourth-order valence-electron chi connectivity index (χ4n) is 2.84. The molecule has 3 aromatic carbocycles. The van der Waals surface area contributed by atoms with Crippen LogP contribution in [-0.4, -0.2) is 27.3 Å². The van der Waals surface area contributed by atoms with Crippen molar-refractivity contribution >= 4 is 27.9 Å². The monoisotopic (exact) mass is 465 g/mol. The molecule has 3 N–H and O–H groups in total. The van der Waals surface area contributed by atoms with Gasteiger partial charge in [-0.3, -0.25) is 15.0 Å². The zero-order valence-electron chi connectivity index (χ0n) is 18.0. The number of aryl methyl sites for hydroxylation is 1. The average Bonchev–Trinajstić information content (AvgIpc) is 2.83. The van der Waals surface area contributed by atoms with Crippen LogP contribution in [0.1, 0.15) is 21.5 Å². The SMILES string of the molecule is COc1ccccc1/C=C(/NC(=O)c1ccccc1)C(=O)NNS(=O)(=O)c1ccc(C)cc1. The lowest BCUT2D eigenvalue weighted by Crippen LogP contribution is -2.45. The van der Waals surface area contributed by atoms with Gasteiger partial charge in [-0.25, -0.2) is 8.42 Å². The fraction of sp³-hybridized carbons (Fsp3) is 0.0833. The predicted octanol–water partition coefficient (Wildman–Crippen LogP) is 2.78. The number of methoxy groups -OCH3 is 1. The van der Waals surface area contributed by atoms with Gasteiger partial charge in [0.15, 0.2) is 0 Å². The van der Waals surface area contributed by atoms with Crippen molar-refractivity contribution in [2.45, 2.75) is 11.8 Å². The highest BCUT2D eigenvalue weighted by atomic mass is 32.2. The number of sulfonamides is 1. The second-order valence-electron chi connectivity index (χ2n) is 6.99. The van der Waals surface area contributed by atoms with Crippen molar-refractivity contribution in [3.63, 3.8) is 0 Å². The van der Waals surface area contributed by atoms with Crippen LogP contribution in [0.3, 0.4) is 0 Å². The number of benzene rings is 3. The Balaban J connectivity index is 1.86. The molecule has 0 radical (unpaired) electrons. The Bertz CT molecular complexity index is 1270. The number of carbonyl (C=O) groups excluding carboxylic acids is 2. The molecule has 0 aromatic heterocycles. The molecule has 170 valence electrons. The predicted molar refractivity (Wildman–Crippen MR) is 125 cm³/mol. The molecule has 3 aromatic rings. The summed E-state index contributed by atoms with van der Waals surface area (Å²) in [6.07, 6.45) is 1.40. The lowest BCUT2D eigenvalue weighted by atomic mass is 10.1. The van der Waals surface area contributed by atoms with E-state index in [1.807, 2.05) is 6.92 Å². The molecule has 8 nitrogen and oxygen atoms in total. The largest absolute Gasteiger partial charge is 0.496 e. The second kappa shape index (κ2) is 10.6. The molecule has 0 aliphatic heterocycles. The molecule has 0 spiro atoms. The number of hydrogen-bond donors (Lipinski definition) is 3. The van der Waals surface area contributed by atoms with E-state index >= 15 is 0 Å². The normalized spacial score (nSPS) is 11.5. The van der Waals surface area contributed by atoms with Crippen LogP contribution < -0.4 is 20.3 Å². The molecule has 0 heterocycles. The zero-order valence-corrected chi connectivity index (χ0v) is 18.8. The van der Waals surface area contributed by atoms with Gasteiger partial charge < -0.3 is 10.1 Å². The first kappa shape index (κ1) is 23.7. The number of rotatable bonds is 8.